The molecule has 110 valence electrons. The Morgan fingerprint density at radius 3 is 3.00 bits per heavy atom. The molecule has 0 aromatic carbocycles. The second-order valence-electron chi connectivity index (χ2n) is 4.77. The molecule has 2 N–H and O–H groups in total. The SMILES string of the molecule is C[C@@H]1CN(S(=O)(=O)c2c[nH]c3ncccc23)CCN1.Cl. The summed E-state index contributed by atoms with van der Waals surface area (Å²) in [5.41, 5.74) is 0.601. The summed E-state index contributed by atoms with van der Waals surface area (Å²) in [7, 11) is -3.46. The van der Waals surface area contributed by atoms with Gasteiger partial charge in [-0.25, -0.2) is 13.4 Å². The van der Waals surface area contributed by atoms with Gasteiger partial charge in [0.2, 0.25) is 10.0 Å². The molecule has 1 fully saturated rings. The van der Waals surface area contributed by atoms with Gasteiger partial charge in [-0.1, -0.05) is 0 Å². The van der Waals surface area contributed by atoms with Crippen molar-refractivity contribution < 1.29 is 8.42 Å². The van der Waals surface area contributed by atoms with E-state index >= 15 is 0 Å². The number of hydrogen-bond acceptors (Lipinski definition) is 4. The van der Waals surface area contributed by atoms with Crippen molar-refractivity contribution >= 4 is 33.5 Å². The molecule has 6 nitrogen and oxygen atoms in total. The Morgan fingerprint density at radius 1 is 1.45 bits per heavy atom. The first-order valence-electron chi connectivity index (χ1n) is 6.24. The lowest BCUT2D eigenvalue weighted by atomic mass is 10.3. The van der Waals surface area contributed by atoms with Gasteiger partial charge in [0.1, 0.15) is 10.5 Å². The molecule has 2 aromatic rings. The van der Waals surface area contributed by atoms with E-state index in [9.17, 15) is 8.42 Å². The van der Waals surface area contributed by atoms with Crippen LogP contribution in [0.4, 0.5) is 0 Å². The summed E-state index contributed by atoms with van der Waals surface area (Å²) in [4.78, 5) is 7.35. The largest absolute Gasteiger partial charge is 0.345 e. The van der Waals surface area contributed by atoms with Gasteiger partial charge in [0, 0.05) is 43.5 Å². The van der Waals surface area contributed by atoms with Gasteiger partial charge < -0.3 is 10.3 Å². The highest BCUT2D eigenvalue weighted by atomic mass is 35.5. The smallest absolute Gasteiger partial charge is 0.245 e. The van der Waals surface area contributed by atoms with Crippen LogP contribution < -0.4 is 5.32 Å². The van der Waals surface area contributed by atoms with E-state index in [1.54, 1.807) is 18.3 Å². The number of aromatic nitrogens is 2. The van der Waals surface area contributed by atoms with Crippen LogP contribution in [-0.2, 0) is 10.0 Å². The van der Waals surface area contributed by atoms with Crippen LogP contribution in [0.1, 0.15) is 6.92 Å². The van der Waals surface area contributed by atoms with E-state index in [0.717, 1.165) is 0 Å². The van der Waals surface area contributed by atoms with Crippen LogP contribution in [0.3, 0.4) is 0 Å². The van der Waals surface area contributed by atoms with Gasteiger partial charge in [0.05, 0.1) is 0 Å². The van der Waals surface area contributed by atoms with Crippen molar-refractivity contribution in [3.63, 3.8) is 0 Å². The fraction of sp³-hybridized carbons (Fsp3) is 0.417. The zero-order chi connectivity index (χ0) is 13.5. The standard InChI is InChI=1S/C12H16N4O2S.ClH/c1-9-8-16(6-5-13-9)19(17,18)11-7-15-12-10(11)3-2-4-14-12;/h2-4,7,9,13H,5-6,8H2,1H3,(H,14,15);1H/t9-;/m1./s1. The first-order valence-corrected chi connectivity index (χ1v) is 7.68. The molecule has 1 saturated heterocycles. The molecule has 0 bridgehead atoms. The van der Waals surface area contributed by atoms with E-state index in [4.69, 9.17) is 0 Å². The summed E-state index contributed by atoms with van der Waals surface area (Å²) < 4.78 is 26.8. The molecule has 3 heterocycles. The van der Waals surface area contributed by atoms with Gasteiger partial charge in [-0.05, 0) is 19.1 Å². The van der Waals surface area contributed by atoms with E-state index in [0.29, 0.717) is 35.6 Å². The number of rotatable bonds is 2. The Morgan fingerprint density at radius 2 is 2.25 bits per heavy atom. The normalized spacial score (nSPS) is 20.8. The average Bonchev–Trinajstić information content (AvgIpc) is 2.83. The van der Waals surface area contributed by atoms with E-state index < -0.39 is 10.0 Å². The maximum atomic E-state index is 12.7. The minimum absolute atomic E-state index is 0. The molecule has 0 aliphatic carbocycles. The summed E-state index contributed by atoms with van der Waals surface area (Å²) in [5.74, 6) is 0. The lowest BCUT2D eigenvalue weighted by molar-refractivity contribution is 0.310. The molecule has 0 radical (unpaired) electrons. The molecule has 1 atom stereocenters. The van der Waals surface area contributed by atoms with Gasteiger partial charge in [-0.15, -0.1) is 12.4 Å². The van der Waals surface area contributed by atoms with Crippen LogP contribution in [0.25, 0.3) is 11.0 Å². The predicted molar refractivity (Wildman–Crippen MR) is 79.6 cm³/mol. The highest BCUT2D eigenvalue weighted by Crippen LogP contribution is 2.24. The molecule has 1 aliphatic heterocycles. The second kappa shape index (κ2) is 5.69. The maximum Gasteiger partial charge on any atom is 0.245 e. The summed E-state index contributed by atoms with van der Waals surface area (Å²) in [6.45, 7) is 3.66. The van der Waals surface area contributed by atoms with Crippen molar-refractivity contribution in [3.05, 3.63) is 24.5 Å². The first kappa shape index (κ1) is 15.2. The molecule has 0 spiro atoms. The third-order valence-corrected chi connectivity index (χ3v) is 5.27. The number of aromatic amines is 1. The first-order chi connectivity index (χ1) is 9.09. The van der Waals surface area contributed by atoms with Crippen molar-refractivity contribution in [1.29, 1.82) is 0 Å². The monoisotopic (exact) mass is 316 g/mol. The molecular formula is C12H17ClN4O2S. The van der Waals surface area contributed by atoms with Crippen LogP contribution >= 0.6 is 12.4 Å². The van der Waals surface area contributed by atoms with Gasteiger partial charge in [-0.2, -0.15) is 4.31 Å². The Hall–Kier alpha value is -1.15. The Labute approximate surface area is 124 Å². The molecule has 0 amide bonds. The molecule has 8 heteroatoms. The van der Waals surface area contributed by atoms with Crippen molar-refractivity contribution in [2.45, 2.75) is 17.9 Å². The number of fused-ring (bicyclic) bond motifs is 1. The highest BCUT2D eigenvalue weighted by molar-refractivity contribution is 7.89. The van der Waals surface area contributed by atoms with Gasteiger partial charge >= 0.3 is 0 Å². The zero-order valence-corrected chi connectivity index (χ0v) is 12.7. The quantitative estimate of drug-likeness (QED) is 0.865. The molecule has 1 aliphatic rings. The van der Waals surface area contributed by atoms with Crippen molar-refractivity contribution in [2.24, 2.45) is 0 Å². The van der Waals surface area contributed by atoms with Crippen LogP contribution in [0.5, 0.6) is 0 Å². The van der Waals surface area contributed by atoms with Crippen LogP contribution in [0, 0.1) is 0 Å². The van der Waals surface area contributed by atoms with E-state index in [2.05, 4.69) is 15.3 Å². The number of H-pyrrole nitrogens is 1. The Balaban J connectivity index is 0.00000147. The van der Waals surface area contributed by atoms with Gasteiger partial charge in [0.25, 0.3) is 0 Å². The van der Waals surface area contributed by atoms with Crippen LogP contribution in [0.2, 0.25) is 0 Å². The third-order valence-electron chi connectivity index (χ3n) is 3.36. The highest BCUT2D eigenvalue weighted by Gasteiger charge is 2.30. The third kappa shape index (κ3) is 2.54. The molecule has 0 unspecified atom stereocenters. The number of sulfonamides is 1. The van der Waals surface area contributed by atoms with Crippen molar-refractivity contribution in [3.8, 4) is 0 Å². The average molecular weight is 317 g/mol. The minimum atomic E-state index is -3.46. The molecule has 0 saturated carbocycles. The number of halogens is 1. The van der Waals surface area contributed by atoms with Gasteiger partial charge in [-0.3, -0.25) is 0 Å². The van der Waals surface area contributed by atoms with E-state index in [-0.39, 0.29) is 18.4 Å². The fourth-order valence-electron chi connectivity index (χ4n) is 2.40. The summed E-state index contributed by atoms with van der Waals surface area (Å²) >= 11 is 0. The number of piperazine rings is 1. The Kier molecular flexibility index (Phi) is 4.33. The zero-order valence-electron chi connectivity index (χ0n) is 11.0. The minimum Gasteiger partial charge on any atom is -0.345 e. The molecule has 20 heavy (non-hydrogen) atoms. The number of nitrogens with zero attached hydrogens (tertiary/aromatic N) is 2. The Bertz CT molecular complexity index is 700. The molecule has 2 aromatic heterocycles. The second-order valence-corrected chi connectivity index (χ2v) is 6.68. The van der Waals surface area contributed by atoms with Crippen molar-refractivity contribution in [2.75, 3.05) is 19.6 Å². The van der Waals surface area contributed by atoms with Crippen LogP contribution in [0.15, 0.2) is 29.4 Å². The lowest BCUT2D eigenvalue weighted by Gasteiger charge is -2.30. The van der Waals surface area contributed by atoms with Gasteiger partial charge in [0.15, 0.2) is 0 Å². The van der Waals surface area contributed by atoms with Crippen LogP contribution in [-0.4, -0.2) is 48.4 Å². The van der Waals surface area contributed by atoms with E-state index in [1.807, 2.05) is 6.92 Å². The summed E-state index contributed by atoms with van der Waals surface area (Å²) in [5, 5.41) is 3.89. The topological polar surface area (TPSA) is 78.1 Å². The maximum absolute atomic E-state index is 12.7. The number of hydrogen-bond donors (Lipinski definition) is 2. The predicted octanol–water partition coefficient (Wildman–Crippen LogP) is 0.967. The lowest BCUT2D eigenvalue weighted by Crippen LogP contribution is -2.51. The summed E-state index contributed by atoms with van der Waals surface area (Å²) in [6, 6.07) is 3.69. The van der Waals surface area contributed by atoms with E-state index in [1.165, 1.54) is 10.5 Å². The summed E-state index contributed by atoms with van der Waals surface area (Å²) in [6.07, 6.45) is 3.17. The fourth-order valence-corrected chi connectivity index (χ4v) is 4.08. The number of pyridine rings is 1. The molecular weight excluding hydrogens is 300 g/mol. The number of nitrogens with one attached hydrogen (secondary N) is 2. The molecule has 3 rings (SSSR count). The van der Waals surface area contributed by atoms with Crippen molar-refractivity contribution in [1.82, 2.24) is 19.6 Å².